The summed E-state index contributed by atoms with van der Waals surface area (Å²) >= 11 is 1.37. The summed E-state index contributed by atoms with van der Waals surface area (Å²) in [7, 11) is 0. The van der Waals surface area contributed by atoms with Crippen LogP contribution in [0.15, 0.2) is 36.5 Å². The molecule has 1 N–H and O–H groups in total. The third-order valence-electron chi connectivity index (χ3n) is 4.02. The van der Waals surface area contributed by atoms with Gasteiger partial charge < -0.3 is 15.1 Å². The summed E-state index contributed by atoms with van der Waals surface area (Å²) in [5.41, 5.74) is 1.03. The van der Waals surface area contributed by atoms with Crippen LogP contribution < -0.4 is 5.32 Å². The number of rotatable bonds is 3. The normalized spacial score (nSPS) is 17.0. The zero-order valence-corrected chi connectivity index (χ0v) is 14.5. The van der Waals surface area contributed by atoms with E-state index in [0.29, 0.717) is 18.2 Å². The van der Waals surface area contributed by atoms with Crippen molar-refractivity contribution in [1.82, 2.24) is 14.8 Å². The summed E-state index contributed by atoms with van der Waals surface area (Å²) in [6, 6.07) is 9.07. The Kier molecular flexibility index (Phi) is 4.95. The van der Waals surface area contributed by atoms with Crippen LogP contribution in [0.1, 0.15) is 6.92 Å². The second-order valence-corrected chi connectivity index (χ2v) is 6.69. The number of piperazine rings is 1. The molecule has 0 radical (unpaired) electrons. The fourth-order valence-electron chi connectivity index (χ4n) is 2.73. The zero-order chi connectivity index (χ0) is 17.8. The molecular weight excluding hydrogens is 338 g/mol. The lowest BCUT2D eigenvalue weighted by Crippen LogP contribution is -2.58. The van der Waals surface area contributed by atoms with Crippen molar-refractivity contribution in [3.63, 3.8) is 0 Å². The lowest BCUT2D eigenvalue weighted by Gasteiger charge is -2.37. The highest BCUT2D eigenvalue weighted by atomic mass is 32.1. The first-order chi connectivity index (χ1) is 12.1. The fourth-order valence-corrected chi connectivity index (χ4v) is 3.56. The van der Waals surface area contributed by atoms with Gasteiger partial charge in [0.25, 0.3) is 5.91 Å². The lowest BCUT2D eigenvalue weighted by molar-refractivity contribution is -0.139. The number of hydrogen-bond acceptors (Lipinski definition) is 6. The highest BCUT2D eigenvalue weighted by molar-refractivity contribution is 7.19. The Morgan fingerprint density at radius 3 is 2.76 bits per heavy atom. The largest absolute Gasteiger partial charge is 0.327 e. The number of thiazole rings is 1. The summed E-state index contributed by atoms with van der Waals surface area (Å²) in [5, 5.41) is 12.3. The van der Waals surface area contributed by atoms with Gasteiger partial charge in [-0.05, 0) is 5.56 Å². The van der Waals surface area contributed by atoms with Crippen molar-refractivity contribution in [2.75, 3.05) is 25.0 Å². The van der Waals surface area contributed by atoms with Crippen molar-refractivity contribution in [1.29, 1.82) is 5.26 Å². The van der Waals surface area contributed by atoms with Crippen molar-refractivity contribution >= 4 is 28.3 Å². The number of anilines is 1. The average molecular weight is 355 g/mol. The van der Waals surface area contributed by atoms with E-state index in [2.05, 4.69) is 10.3 Å². The van der Waals surface area contributed by atoms with Gasteiger partial charge in [0.15, 0.2) is 11.3 Å². The van der Waals surface area contributed by atoms with Crippen LogP contribution in [0.2, 0.25) is 0 Å². The molecule has 3 rings (SSSR count). The van der Waals surface area contributed by atoms with Gasteiger partial charge in [0, 0.05) is 26.2 Å². The van der Waals surface area contributed by atoms with Crippen molar-refractivity contribution in [2.24, 2.45) is 0 Å². The predicted octanol–water partition coefficient (Wildman–Crippen LogP) is 1.76. The molecule has 0 saturated carbocycles. The molecule has 1 fully saturated rings. The second kappa shape index (κ2) is 7.32. The van der Waals surface area contributed by atoms with Crippen LogP contribution in [0.5, 0.6) is 0 Å². The molecular formula is C17H17N5O2S. The molecule has 1 aliphatic heterocycles. The third kappa shape index (κ3) is 3.78. The maximum absolute atomic E-state index is 12.6. The first kappa shape index (κ1) is 16.9. The van der Waals surface area contributed by atoms with E-state index in [1.807, 2.05) is 36.5 Å². The molecule has 0 bridgehead atoms. The average Bonchev–Trinajstić information content (AvgIpc) is 3.10. The summed E-state index contributed by atoms with van der Waals surface area (Å²) < 4.78 is 0. The summed E-state index contributed by atoms with van der Waals surface area (Å²) in [5.74, 6) is -0.508. The Balaban J connectivity index is 1.73. The molecule has 1 unspecified atom stereocenters. The molecule has 2 aromatic rings. The van der Waals surface area contributed by atoms with E-state index in [4.69, 9.17) is 5.26 Å². The van der Waals surface area contributed by atoms with E-state index in [0.717, 1.165) is 10.4 Å². The highest BCUT2D eigenvalue weighted by Gasteiger charge is 2.34. The van der Waals surface area contributed by atoms with E-state index in [9.17, 15) is 9.59 Å². The van der Waals surface area contributed by atoms with Crippen molar-refractivity contribution in [3.8, 4) is 16.6 Å². The van der Waals surface area contributed by atoms with Crippen LogP contribution in [0.3, 0.4) is 0 Å². The Hall–Kier alpha value is -2.92. The van der Waals surface area contributed by atoms with E-state index in [1.54, 1.807) is 6.20 Å². The number of carbonyl (C=O) groups excluding carboxylic acids is 2. The van der Waals surface area contributed by atoms with E-state index in [1.165, 1.54) is 28.1 Å². The molecule has 1 atom stereocenters. The van der Waals surface area contributed by atoms with Gasteiger partial charge in [0.2, 0.25) is 5.91 Å². The van der Waals surface area contributed by atoms with Gasteiger partial charge >= 0.3 is 0 Å². The maximum atomic E-state index is 12.6. The molecule has 1 aliphatic rings. The molecule has 1 aromatic carbocycles. The van der Waals surface area contributed by atoms with E-state index in [-0.39, 0.29) is 18.4 Å². The third-order valence-corrected chi connectivity index (χ3v) is 4.98. The van der Waals surface area contributed by atoms with Crippen LogP contribution >= 0.6 is 11.3 Å². The van der Waals surface area contributed by atoms with Crippen molar-refractivity contribution in [3.05, 3.63) is 36.5 Å². The first-order valence-corrected chi connectivity index (χ1v) is 8.64. The fraction of sp³-hybridized carbons (Fsp3) is 0.294. The summed E-state index contributed by atoms with van der Waals surface area (Å²) in [4.78, 5) is 32.6. The number of amides is 2. The van der Waals surface area contributed by atoms with Gasteiger partial charge in [-0.3, -0.25) is 9.59 Å². The predicted molar refractivity (Wildman–Crippen MR) is 94.5 cm³/mol. The number of nitriles is 1. The van der Waals surface area contributed by atoms with Gasteiger partial charge in [0.1, 0.15) is 6.04 Å². The standard InChI is InChI=1S/C17H17N5O2S/c1-12(23)22-8-7-21(11-18)10-14(22)16(24)20-17-19-9-15(25-17)13-5-3-2-4-6-13/h2-6,9,14H,7-8,10H2,1H3,(H,19,20,24). The number of hydrogen-bond donors (Lipinski definition) is 1. The summed E-state index contributed by atoms with van der Waals surface area (Å²) in [6.07, 6.45) is 3.75. The van der Waals surface area contributed by atoms with Gasteiger partial charge in [-0.15, -0.1) is 0 Å². The lowest BCUT2D eigenvalue weighted by atomic mass is 10.1. The Bertz CT molecular complexity index is 814. The topological polar surface area (TPSA) is 89.3 Å². The Morgan fingerprint density at radius 1 is 1.32 bits per heavy atom. The van der Waals surface area contributed by atoms with Crippen molar-refractivity contribution in [2.45, 2.75) is 13.0 Å². The number of benzene rings is 1. The van der Waals surface area contributed by atoms with Crippen LogP contribution in [0.25, 0.3) is 10.4 Å². The quantitative estimate of drug-likeness (QED) is 0.848. The minimum Gasteiger partial charge on any atom is -0.327 e. The minimum atomic E-state index is -0.699. The maximum Gasteiger partial charge on any atom is 0.250 e. The Morgan fingerprint density at radius 2 is 2.08 bits per heavy atom. The van der Waals surface area contributed by atoms with Gasteiger partial charge in [-0.25, -0.2) is 4.98 Å². The second-order valence-electron chi connectivity index (χ2n) is 5.66. The molecule has 0 spiro atoms. The van der Waals surface area contributed by atoms with Gasteiger partial charge in [-0.2, -0.15) is 5.26 Å². The van der Waals surface area contributed by atoms with Gasteiger partial charge in [0.05, 0.1) is 11.4 Å². The number of nitrogens with one attached hydrogen (secondary N) is 1. The SMILES string of the molecule is CC(=O)N1CCN(C#N)CC1C(=O)Nc1ncc(-c2ccccc2)s1. The summed E-state index contributed by atoms with van der Waals surface area (Å²) in [6.45, 7) is 2.42. The molecule has 2 amide bonds. The Labute approximate surface area is 149 Å². The first-order valence-electron chi connectivity index (χ1n) is 7.82. The minimum absolute atomic E-state index is 0.179. The molecule has 2 heterocycles. The molecule has 7 nitrogen and oxygen atoms in total. The molecule has 8 heteroatoms. The van der Waals surface area contributed by atoms with Gasteiger partial charge in [-0.1, -0.05) is 41.7 Å². The van der Waals surface area contributed by atoms with Crippen molar-refractivity contribution < 1.29 is 9.59 Å². The number of aromatic nitrogens is 1. The highest BCUT2D eigenvalue weighted by Crippen LogP contribution is 2.28. The number of carbonyl (C=O) groups is 2. The smallest absolute Gasteiger partial charge is 0.250 e. The van der Waals surface area contributed by atoms with Crippen LogP contribution in [-0.2, 0) is 9.59 Å². The molecule has 128 valence electrons. The van der Waals surface area contributed by atoms with E-state index >= 15 is 0 Å². The number of nitrogens with zero attached hydrogens (tertiary/aromatic N) is 4. The van der Waals surface area contributed by atoms with Crippen LogP contribution in [-0.4, -0.2) is 52.3 Å². The zero-order valence-electron chi connectivity index (χ0n) is 13.7. The van der Waals surface area contributed by atoms with E-state index < -0.39 is 6.04 Å². The molecule has 1 saturated heterocycles. The molecule has 1 aromatic heterocycles. The van der Waals surface area contributed by atoms with Crippen LogP contribution in [0.4, 0.5) is 5.13 Å². The monoisotopic (exact) mass is 355 g/mol. The van der Waals surface area contributed by atoms with Crippen LogP contribution in [0, 0.1) is 11.5 Å². The molecule has 0 aliphatic carbocycles. The molecule has 25 heavy (non-hydrogen) atoms.